The van der Waals surface area contributed by atoms with E-state index in [1.54, 1.807) is 6.92 Å². The van der Waals surface area contributed by atoms with E-state index in [0.29, 0.717) is 34.8 Å². The van der Waals surface area contributed by atoms with Crippen molar-refractivity contribution in [1.29, 1.82) is 0 Å². The van der Waals surface area contributed by atoms with Gasteiger partial charge in [0.05, 0.1) is 6.61 Å². The number of rotatable bonds is 9. The summed E-state index contributed by atoms with van der Waals surface area (Å²) in [7, 11) is 0. The van der Waals surface area contributed by atoms with Crippen LogP contribution in [-0.2, 0) is 14.3 Å². The number of carbonyl (C=O) groups is 2. The molecule has 1 aromatic heterocycles. The minimum Gasteiger partial charge on any atom is -0.465 e. The van der Waals surface area contributed by atoms with E-state index in [9.17, 15) is 9.59 Å². The summed E-state index contributed by atoms with van der Waals surface area (Å²) in [5.41, 5.74) is 0.203. The highest BCUT2D eigenvalue weighted by molar-refractivity contribution is 8.02. The van der Waals surface area contributed by atoms with Crippen LogP contribution in [-0.4, -0.2) is 33.9 Å². The molecule has 2 atom stereocenters. The molecule has 6 nitrogen and oxygen atoms in total. The van der Waals surface area contributed by atoms with Gasteiger partial charge in [-0.1, -0.05) is 57.7 Å². The van der Waals surface area contributed by atoms with Crippen LogP contribution in [0.3, 0.4) is 0 Å². The number of nitrogens with zero attached hydrogens (tertiary/aromatic N) is 2. The first kappa shape index (κ1) is 21.9. The predicted octanol–water partition coefficient (Wildman–Crippen LogP) is 4.37. The van der Waals surface area contributed by atoms with Crippen LogP contribution in [0.5, 0.6) is 0 Å². The van der Waals surface area contributed by atoms with Crippen LogP contribution in [0, 0.1) is 11.3 Å². The summed E-state index contributed by atoms with van der Waals surface area (Å²) in [4.78, 5) is 24.0. The second-order valence-corrected chi connectivity index (χ2v) is 9.69. The van der Waals surface area contributed by atoms with Gasteiger partial charge in [-0.2, -0.15) is 0 Å². The summed E-state index contributed by atoms with van der Waals surface area (Å²) >= 11 is 2.61. The first-order valence-electron chi connectivity index (χ1n) is 8.61. The van der Waals surface area contributed by atoms with Crippen molar-refractivity contribution in [2.24, 2.45) is 11.3 Å². The highest BCUT2D eigenvalue weighted by atomic mass is 32.2. The van der Waals surface area contributed by atoms with E-state index in [1.165, 1.54) is 23.1 Å². The topological polar surface area (TPSA) is 81.2 Å². The Hall–Kier alpha value is -1.15. The molecule has 1 aromatic rings. The molecule has 1 rings (SSSR count). The Balaban J connectivity index is 2.54. The zero-order valence-electron chi connectivity index (χ0n) is 15.9. The van der Waals surface area contributed by atoms with Crippen molar-refractivity contribution < 1.29 is 14.3 Å². The Labute approximate surface area is 158 Å². The zero-order valence-corrected chi connectivity index (χ0v) is 17.6. The molecular formula is C17H29N3O3S2. The smallest absolute Gasteiger partial charge is 0.319 e. The van der Waals surface area contributed by atoms with Gasteiger partial charge >= 0.3 is 5.97 Å². The fourth-order valence-corrected chi connectivity index (χ4v) is 4.50. The molecule has 0 aliphatic rings. The van der Waals surface area contributed by atoms with Gasteiger partial charge < -0.3 is 10.1 Å². The van der Waals surface area contributed by atoms with Crippen LogP contribution >= 0.6 is 23.1 Å². The number of carbonyl (C=O) groups excluding carboxylic acids is 2. The van der Waals surface area contributed by atoms with Crippen molar-refractivity contribution in [2.45, 2.75) is 70.4 Å². The maximum absolute atomic E-state index is 12.1. The SMILES string of the molecule is CCOC(=O)[C@@H](CC)Sc1nnc(NC(=O)C[C@@H](C)CC(C)(C)C)s1. The maximum Gasteiger partial charge on any atom is 0.319 e. The molecule has 0 unspecified atom stereocenters. The number of hydrogen-bond donors (Lipinski definition) is 1. The number of ether oxygens (including phenoxy) is 1. The predicted molar refractivity (Wildman–Crippen MR) is 103 cm³/mol. The summed E-state index contributed by atoms with van der Waals surface area (Å²) < 4.78 is 5.70. The molecule has 1 amide bonds. The van der Waals surface area contributed by atoms with Gasteiger partial charge in [-0.25, -0.2) is 0 Å². The molecular weight excluding hydrogens is 358 g/mol. The van der Waals surface area contributed by atoms with Crippen LogP contribution in [0.15, 0.2) is 4.34 Å². The molecule has 0 aliphatic heterocycles. The summed E-state index contributed by atoms with van der Waals surface area (Å²) in [5, 5.41) is 11.0. The van der Waals surface area contributed by atoms with E-state index >= 15 is 0 Å². The van der Waals surface area contributed by atoms with Gasteiger partial charge in [0.15, 0.2) is 4.34 Å². The van der Waals surface area contributed by atoms with Gasteiger partial charge in [0.2, 0.25) is 11.0 Å². The van der Waals surface area contributed by atoms with Gasteiger partial charge in [0.1, 0.15) is 5.25 Å². The van der Waals surface area contributed by atoms with Crippen molar-refractivity contribution in [3.05, 3.63) is 0 Å². The third kappa shape index (κ3) is 8.67. The normalized spacial score (nSPS) is 14.0. The number of amides is 1. The Kier molecular flexibility index (Phi) is 8.85. The number of hydrogen-bond acceptors (Lipinski definition) is 7. The monoisotopic (exact) mass is 387 g/mol. The van der Waals surface area contributed by atoms with E-state index in [1.807, 2.05) is 6.92 Å². The summed E-state index contributed by atoms with van der Waals surface area (Å²) in [5.74, 6) is 0.00345. The van der Waals surface area contributed by atoms with Crippen LogP contribution in [0.4, 0.5) is 5.13 Å². The zero-order chi connectivity index (χ0) is 19.0. The molecule has 0 aliphatic carbocycles. The largest absolute Gasteiger partial charge is 0.465 e. The van der Waals surface area contributed by atoms with Gasteiger partial charge in [-0.15, -0.1) is 10.2 Å². The lowest BCUT2D eigenvalue weighted by atomic mass is 9.84. The maximum atomic E-state index is 12.1. The van der Waals surface area contributed by atoms with Crippen molar-refractivity contribution >= 4 is 40.1 Å². The average molecular weight is 388 g/mol. The van der Waals surface area contributed by atoms with Crippen LogP contribution in [0.2, 0.25) is 0 Å². The second-order valence-electron chi connectivity index (χ2n) is 7.26. The van der Waals surface area contributed by atoms with Gasteiger partial charge in [0, 0.05) is 6.42 Å². The highest BCUT2D eigenvalue weighted by Crippen LogP contribution is 2.31. The lowest BCUT2D eigenvalue weighted by Gasteiger charge is -2.22. The first-order valence-corrected chi connectivity index (χ1v) is 10.3. The van der Waals surface area contributed by atoms with E-state index in [2.05, 4.69) is 43.2 Å². The van der Waals surface area contributed by atoms with Crippen molar-refractivity contribution in [1.82, 2.24) is 10.2 Å². The number of aromatic nitrogens is 2. The first-order chi connectivity index (χ1) is 11.6. The average Bonchev–Trinajstić information content (AvgIpc) is 2.89. The van der Waals surface area contributed by atoms with Crippen molar-refractivity contribution in [3.8, 4) is 0 Å². The molecule has 1 heterocycles. The summed E-state index contributed by atoms with van der Waals surface area (Å²) in [6, 6.07) is 0. The van der Waals surface area contributed by atoms with E-state index in [4.69, 9.17) is 4.74 Å². The molecule has 0 saturated carbocycles. The van der Waals surface area contributed by atoms with Gasteiger partial charge in [-0.05, 0) is 31.1 Å². The molecule has 0 spiro atoms. The second kappa shape index (κ2) is 10.1. The fourth-order valence-electron chi connectivity index (χ4n) is 2.57. The van der Waals surface area contributed by atoms with E-state index < -0.39 is 0 Å². The molecule has 0 radical (unpaired) electrons. The van der Waals surface area contributed by atoms with Gasteiger partial charge in [-0.3, -0.25) is 9.59 Å². The molecule has 0 saturated heterocycles. The fraction of sp³-hybridized carbons (Fsp3) is 0.765. The van der Waals surface area contributed by atoms with Crippen LogP contribution in [0.25, 0.3) is 0 Å². The number of esters is 1. The lowest BCUT2D eigenvalue weighted by molar-refractivity contribution is -0.142. The highest BCUT2D eigenvalue weighted by Gasteiger charge is 2.22. The summed E-state index contributed by atoms with van der Waals surface area (Å²) in [6.45, 7) is 12.7. The third-order valence-electron chi connectivity index (χ3n) is 3.31. The molecule has 142 valence electrons. The molecule has 0 aromatic carbocycles. The Morgan fingerprint density at radius 1 is 1.28 bits per heavy atom. The van der Waals surface area contributed by atoms with E-state index in [-0.39, 0.29) is 22.5 Å². The lowest BCUT2D eigenvalue weighted by Crippen LogP contribution is -2.19. The number of thioether (sulfide) groups is 1. The Morgan fingerprint density at radius 3 is 2.52 bits per heavy atom. The van der Waals surface area contributed by atoms with Crippen molar-refractivity contribution in [2.75, 3.05) is 11.9 Å². The van der Waals surface area contributed by atoms with E-state index in [0.717, 1.165) is 6.42 Å². The third-order valence-corrected chi connectivity index (χ3v) is 5.58. The molecule has 0 fully saturated rings. The van der Waals surface area contributed by atoms with Gasteiger partial charge in [0.25, 0.3) is 0 Å². The van der Waals surface area contributed by atoms with Crippen LogP contribution < -0.4 is 5.32 Å². The Bertz CT molecular complexity index is 570. The minimum absolute atomic E-state index is 0.0538. The Morgan fingerprint density at radius 2 is 1.96 bits per heavy atom. The quantitative estimate of drug-likeness (QED) is 0.385. The van der Waals surface area contributed by atoms with Crippen molar-refractivity contribution in [3.63, 3.8) is 0 Å². The molecule has 25 heavy (non-hydrogen) atoms. The number of anilines is 1. The molecule has 1 N–H and O–H groups in total. The summed E-state index contributed by atoms with van der Waals surface area (Å²) in [6.07, 6.45) is 2.09. The van der Waals surface area contributed by atoms with Crippen LogP contribution in [0.1, 0.15) is 60.8 Å². The number of nitrogens with one attached hydrogen (secondary N) is 1. The minimum atomic E-state index is -0.303. The molecule has 0 bridgehead atoms. The standard InChI is InChI=1S/C17H29N3O3S2/c1-7-12(14(22)23-8-2)24-16-20-19-15(25-16)18-13(21)9-11(3)10-17(4,5)6/h11-12H,7-10H2,1-6H3,(H,18,19,21)/t11-,12-/m1/s1. The molecule has 8 heteroatoms.